The Labute approximate surface area is 112 Å². The molecular formula is H28Si13. The third-order valence-corrected chi connectivity index (χ3v) is 219. The van der Waals surface area contributed by atoms with Crippen LogP contribution in [0.25, 0.3) is 0 Å². The minimum Gasteiger partial charge on any atom is -0.0120 e. The lowest BCUT2D eigenvalue weighted by Gasteiger charge is -1.96. The van der Waals surface area contributed by atoms with Crippen molar-refractivity contribution in [3.63, 3.8) is 0 Å². The van der Waals surface area contributed by atoms with E-state index in [-0.39, 0.29) is 0 Å². The van der Waals surface area contributed by atoms with Gasteiger partial charge in [0.2, 0.25) is 0 Å². The van der Waals surface area contributed by atoms with Gasteiger partial charge in [-0.15, -0.1) is 0 Å². The van der Waals surface area contributed by atoms with Gasteiger partial charge in [0.05, 0.1) is 0 Å². The molecule has 0 spiro atoms. The van der Waals surface area contributed by atoms with Crippen LogP contribution in [-0.4, -0.2) is 114 Å². The van der Waals surface area contributed by atoms with Crippen molar-refractivity contribution in [2.45, 2.75) is 0 Å². The van der Waals surface area contributed by atoms with E-state index in [1.54, 1.807) is 19.5 Å². The van der Waals surface area contributed by atoms with Crippen LogP contribution in [0.5, 0.6) is 0 Å². The van der Waals surface area contributed by atoms with Gasteiger partial charge < -0.3 is 0 Å². The molecular weight excluding hydrogens is 365 g/mol. The SMILES string of the molecule is [SiH3][SiH2][SiH2][SiH2][SiH2][SiH2][SiH2][SiH2][SiH2][SiH2][SiH2][SiH2][SiH3]. The highest BCUT2D eigenvalue weighted by Gasteiger charge is 1.95. The molecule has 0 saturated carbocycles. The Morgan fingerprint density at radius 3 is 0.846 bits per heavy atom. The predicted octanol–water partition coefficient (Wildman–Crippen LogP) is -12.4. The first-order valence-corrected chi connectivity index (χ1v) is 57.7. The lowest BCUT2D eigenvalue weighted by molar-refractivity contribution is 3.81. The van der Waals surface area contributed by atoms with Gasteiger partial charge in [-0.1, -0.05) is 0 Å². The lowest BCUT2D eigenvalue weighted by Crippen LogP contribution is -2.33. The molecule has 0 bridgehead atoms. The Kier molecular flexibility index (Phi) is 18.0. The fraction of sp³-hybridized carbons (Fsp3) is 0. The van der Waals surface area contributed by atoms with Crippen LogP contribution >= 0.6 is 0 Å². The first kappa shape index (κ1) is 15.8. The van der Waals surface area contributed by atoms with Crippen LogP contribution < -0.4 is 0 Å². The summed E-state index contributed by atoms with van der Waals surface area (Å²) < 4.78 is 0. The molecule has 0 amide bonds. The van der Waals surface area contributed by atoms with Gasteiger partial charge in [-0.05, 0) is 114 Å². The molecule has 80 valence electrons. The standard InChI is InChI=1S/H28Si13/c1-3-5-7-9-11-13-12-10-8-6-4-2/h3-13H2,1-2H3. The minimum absolute atomic E-state index is 0.816. The highest BCUT2D eigenvalue weighted by molar-refractivity contribution is 7.71. The van der Waals surface area contributed by atoms with Crippen molar-refractivity contribution in [2.75, 3.05) is 0 Å². The van der Waals surface area contributed by atoms with E-state index in [0.29, 0.717) is 0 Å². The van der Waals surface area contributed by atoms with Crippen LogP contribution in [0.2, 0.25) is 0 Å². The lowest BCUT2D eigenvalue weighted by atomic mass is 26.1. The van der Waals surface area contributed by atoms with Gasteiger partial charge in [0, 0.05) is 0 Å². The summed E-state index contributed by atoms with van der Waals surface area (Å²) in [7, 11) is 13.3. The molecule has 0 unspecified atom stereocenters. The van der Waals surface area contributed by atoms with E-state index in [9.17, 15) is 0 Å². The molecule has 13 heavy (non-hydrogen) atoms. The van der Waals surface area contributed by atoms with Gasteiger partial charge in [-0.25, -0.2) is 0 Å². The normalized spacial score (nSPS) is 21.2. The Bertz CT molecular complexity index is 66.1. The zero-order valence-electron chi connectivity index (χ0n) is 9.78. The van der Waals surface area contributed by atoms with Crippen LogP contribution in [0.15, 0.2) is 0 Å². The molecule has 13 heteroatoms. The van der Waals surface area contributed by atoms with E-state index in [4.69, 9.17) is 0 Å². The summed E-state index contributed by atoms with van der Waals surface area (Å²) in [6.07, 6.45) is 0. The molecule has 0 aromatic heterocycles. The monoisotopic (exact) mass is 392 g/mol. The summed E-state index contributed by atoms with van der Waals surface area (Å²) >= 11 is 0. The summed E-state index contributed by atoms with van der Waals surface area (Å²) in [6.45, 7) is 0. The van der Waals surface area contributed by atoms with E-state index in [0.717, 1.165) is 94.1 Å². The largest absolute Gasteiger partial charge is 0.0120 e. The molecule has 0 aliphatic rings. The van der Waals surface area contributed by atoms with Crippen LogP contribution in [-0.2, 0) is 0 Å². The van der Waals surface area contributed by atoms with E-state index in [1.807, 2.05) is 0 Å². The third kappa shape index (κ3) is 14.8. The molecule has 0 aromatic carbocycles. The van der Waals surface area contributed by atoms with Crippen molar-refractivity contribution in [1.29, 1.82) is 0 Å². The van der Waals surface area contributed by atoms with Crippen molar-refractivity contribution < 1.29 is 0 Å². The number of hydrogen-bond acceptors (Lipinski definition) is 0. The van der Waals surface area contributed by atoms with Crippen molar-refractivity contribution in [3.05, 3.63) is 0 Å². The summed E-state index contributed by atoms with van der Waals surface area (Å²) in [4.78, 5) is 0. The molecule has 0 fully saturated rings. The van der Waals surface area contributed by atoms with Gasteiger partial charge in [-0.2, -0.15) is 0 Å². The van der Waals surface area contributed by atoms with E-state index >= 15 is 0 Å². The van der Waals surface area contributed by atoms with Crippen molar-refractivity contribution in [3.8, 4) is 0 Å². The maximum absolute atomic E-state index is 1.73. The van der Waals surface area contributed by atoms with Crippen molar-refractivity contribution in [2.24, 2.45) is 0 Å². The Morgan fingerprint density at radius 2 is 0.615 bits per heavy atom. The summed E-state index contributed by atoms with van der Waals surface area (Å²) in [6, 6.07) is 0. The molecule has 0 atom stereocenters. The second-order valence-electron chi connectivity index (χ2n) is 4.18. The van der Waals surface area contributed by atoms with Gasteiger partial charge in [0.1, 0.15) is 0 Å². The van der Waals surface area contributed by atoms with Gasteiger partial charge >= 0.3 is 0 Å². The average molecular weight is 393 g/mol. The molecule has 0 rings (SSSR count). The van der Waals surface area contributed by atoms with Gasteiger partial charge in [-0.3, -0.25) is 0 Å². The second kappa shape index (κ2) is 14.8. The molecule has 0 aliphatic heterocycles. The van der Waals surface area contributed by atoms with Crippen LogP contribution in [0, 0.1) is 0 Å². The fourth-order valence-electron chi connectivity index (χ4n) is 1.74. The van der Waals surface area contributed by atoms with Gasteiger partial charge in [0.15, 0.2) is 0 Å². The Balaban J connectivity index is 2.76. The molecule has 0 N–H and O–H groups in total. The smallest absolute Gasteiger partial charge is 0.00934 e. The molecule has 0 saturated heterocycles. The number of hydrogen-bond donors (Lipinski definition) is 0. The highest BCUT2D eigenvalue weighted by atomic mass is 30.0. The Hall–Kier alpha value is 2.82. The fourth-order valence-corrected chi connectivity index (χ4v) is 422. The molecule has 0 aromatic rings. The minimum atomic E-state index is 0.816. The maximum Gasteiger partial charge on any atom is -0.00934 e. The van der Waals surface area contributed by atoms with E-state index in [2.05, 4.69) is 0 Å². The summed E-state index contributed by atoms with van der Waals surface area (Å²) in [5, 5.41) is 0. The predicted molar refractivity (Wildman–Crippen MR) is 114 cm³/mol. The number of rotatable bonds is 10. The average Bonchev–Trinajstić information content (AvgIpc) is 2.16. The molecule has 0 heterocycles. The van der Waals surface area contributed by atoms with Crippen LogP contribution in [0.4, 0.5) is 0 Å². The second-order valence-corrected chi connectivity index (χ2v) is 113. The molecule has 0 nitrogen and oxygen atoms in total. The maximum atomic E-state index is 1.73. The quantitative estimate of drug-likeness (QED) is 0.256. The highest BCUT2D eigenvalue weighted by Crippen LogP contribution is 1.58. The third-order valence-electron chi connectivity index (χ3n) is 2.71. The summed E-state index contributed by atoms with van der Waals surface area (Å²) in [5.41, 5.74) is 0. The van der Waals surface area contributed by atoms with Crippen molar-refractivity contribution in [1.82, 2.24) is 0 Å². The zero-order valence-corrected chi connectivity index (χ0v) is 29.3. The van der Waals surface area contributed by atoms with E-state index in [1.165, 1.54) is 0 Å². The molecule has 0 radical (unpaired) electrons. The Morgan fingerprint density at radius 1 is 0.385 bits per heavy atom. The zero-order chi connectivity index (χ0) is 9.78. The summed E-state index contributed by atoms with van der Waals surface area (Å²) in [5.74, 6) is 0. The van der Waals surface area contributed by atoms with Gasteiger partial charge in [0.25, 0.3) is 0 Å². The first-order valence-electron chi connectivity index (χ1n) is 6.41. The van der Waals surface area contributed by atoms with Crippen molar-refractivity contribution >= 4 is 114 Å². The topological polar surface area (TPSA) is 0 Å². The van der Waals surface area contributed by atoms with Crippen LogP contribution in [0.3, 0.4) is 0 Å². The first-order chi connectivity index (χ1) is 6.41. The van der Waals surface area contributed by atoms with Crippen LogP contribution in [0.1, 0.15) is 0 Å². The van der Waals surface area contributed by atoms with E-state index < -0.39 is 0 Å². The molecule has 0 aliphatic carbocycles.